The highest BCUT2D eigenvalue weighted by atomic mass is 16.6. The molecule has 138 valence electrons. The van der Waals surface area contributed by atoms with Crippen LogP contribution in [0.15, 0.2) is 30.3 Å². The van der Waals surface area contributed by atoms with E-state index in [1.54, 1.807) is 58.0 Å². The third-order valence-corrected chi connectivity index (χ3v) is 3.14. The molecule has 0 aliphatic heterocycles. The van der Waals surface area contributed by atoms with Crippen molar-refractivity contribution in [2.75, 3.05) is 6.61 Å². The zero-order valence-corrected chi connectivity index (χ0v) is 14.9. The van der Waals surface area contributed by atoms with Crippen molar-refractivity contribution >= 4 is 18.0 Å². The molecule has 0 bridgehead atoms. The highest BCUT2D eigenvalue weighted by molar-refractivity contribution is 5.89. The molecule has 1 rings (SSSR count). The predicted octanol–water partition coefficient (Wildman–Crippen LogP) is 2.85. The summed E-state index contributed by atoms with van der Waals surface area (Å²) in [6.45, 7) is 6.86. The highest BCUT2D eigenvalue weighted by Gasteiger charge is 2.26. The molecule has 0 unspecified atom stereocenters. The van der Waals surface area contributed by atoms with Gasteiger partial charge in [-0.05, 0) is 45.2 Å². The first-order chi connectivity index (χ1) is 11.6. The monoisotopic (exact) mass is 351 g/mol. The second-order valence-corrected chi connectivity index (χ2v) is 6.84. The maximum Gasteiger partial charge on any atom is 0.408 e. The van der Waals surface area contributed by atoms with Crippen molar-refractivity contribution in [1.29, 1.82) is 0 Å². The molecule has 0 heterocycles. The van der Waals surface area contributed by atoms with E-state index in [1.807, 2.05) is 0 Å². The summed E-state index contributed by atoms with van der Waals surface area (Å²) in [5.74, 6) is -1.91. The fourth-order valence-electron chi connectivity index (χ4n) is 2.02. The lowest BCUT2D eigenvalue weighted by molar-refractivity contribution is -0.140. The molecule has 0 saturated carbocycles. The van der Waals surface area contributed by atoms with Crippen LogP contribution in [0.1, 0.15) is 44.5 Å². The fourth-order valence-corrected chi connectivity index (χ4v) is 2.02. The van der Waals surface area contributed by atoms with Crippen LogP contribution in [0.4, 0.5) is 4.79 Å². The van der Waals surface area contributed by atoms with Crippen molar-refractivity contribution in [3.8, 4) is 0 Å². The van der Waals surface area contributed by atoms with Crippen LogP contribution in [-0.2, 0) is 14.3 Å². The largest absolute Gasteiger partial charge is 0.480 e. The van der Waals surface area contributed by atoms with Gasteiger partial charge in [-0.1, -0.05) is 25.1 Å². The van der Waals surface area contributed by atoms with Crippen molar-refractivity contribution in [3.05, 3.63) is 35.9 Å². The standard InChI is InChI=1S/C18H25NO6/c1-12(11-24-16(22)13-8-6-5-7-9-13)10-14(15(20)21)19-17(23)25-18(2,3)4/h5-9,12,14H,10-11H2,1-4H3,(H,19,23)(H,20,21)/t12-,14+/m1/s1. The summed E-state index contributed by atoms with van der Waals surface area (Å²) >= 11 is 0. The van der Waals surface area contributed by atoms with Gasteiger partial charge in [0, 0.05) is 0 Å². The van der Waals surface area contributed by atoms with Crippen LogP contribution in [0.5, 0.6) is 0 Å². The van der Waals surface area contributed by atoms with Crippen molar-refractivity contribution < 1.29 is 29.0 Å². The number of benzene rings is 1. The van der Waals surface area contributed by atoms with Crippen molar-refractivity contribution in [3.63, 3.8) is 0 Å². The third-order valence-electron chi connectivity index (χ3n) is 3.14. The van der Waals surface area contributed by atoms with Crippen LogP contribution in [0, 0.1) is 5.92 Å². The van der Waals surface area contributed by atoms with E-state index in [9.17, 15) is 19.5 Å². The maximum atomic E-state index is 11.9. The van der Waals surface area contributed by atoms with E-state index in [1.165, 1.54) is 0 Å². The molecule has 2 atom stereocenters. The first-order valence-corrected chi connectivity index (χ1v) is 8.03. The molecule has 1 amide bonds. The normalized spacial score (nSPS) is 13.4. The summed E-state index contributed by atoms with van der Waals surface area (Å²) in [5.41, 5.74) is -0.291. The zero-order valence-electron chi connectivity index (χ0n) is 14.9. The van der Waals surface area contributed by atoms with Crippen LogP contribution in [-0.4, -0.2) is 41.4 Å². The molecule has 1 aromatic rings. The average Bonchev–Trinajstić information content (AvgIpc) is 2.51. The van der Waals surface area contributed by atoms with Crippen LogP contribution in [0.2, 0.25) is 0 Å². The highest BCUT2D eigenvalue weighted by Crippen LogP contribution is 2.11. The molecule has 0 fully saturated rings. The van der Waals surface area contributed by atoms with Gasteiger partial charge in [-0.3, -0.25) is 0 Å². The number of hydrogen-bond donors (Lipinski definition) is 2. The number of amides is 1. The molecule has 0 radical (unpaired) electrons. The van der Waals surface area contributed by atoms with Gasteiger partial charge >= 0.3 is 18.0 Å². The molecule has 0 spiro atoms. The summed E-state index contributed by atoms with van der Waals surface area (Å²) in [7, 11) is 0. The quantitative estimate of drug-likeness (QED) is 0.733. The Morgan fingerprint density at radius 1 is 1.16 bits per heavy atom. The van der Waals surface area contributed by atoms with E-state index in [0.717, 1.165) is 0 Å². The fraction of sp³-hybridized carbons (Fsp3) is 0.500. The van der Waals surface area contributed by atoms with Gasteiger partial charge in [-0.15, -0.1) is 0 Å². The Balaban J connectivity index is 2.50. The topological polar surface area (TPSA) is 102 Å². The number of aliphatic carboxylic acids is 1. The minimum atomic E-state index is -1.17. The average molecular weight is 351 g/mol. The molecule has 0 saturated heterocycles. The summed E-state index contributed by atoms with van der Waals surface area (Å²) < 4.78 is 10.2. The van der Waals surface area contributed by atoms with E-state index < -0.39 is 29.7 Å². The van der Waals surface area contributed by atoms with E-state index in [4.69, 9.17) is 9.47 Å². The van der Waals surface area contributed by atoms with E-state index in [-0.39, 0.29) is 18.9 Å². The maximum absolute atomic E-state index is 11.9. The number of esters is 1. The molecule has 7 heteroatoms. The van der Waals surface area contributed by atoms with E-state index >= 15 is 0 Å². The number of alkyl carbamates (subject to hydrolysis) is 1. The van der Waals surface area contributed by atoms with Crippen LogP contribution in [0.3, 0.4) is 0 Å². The van der Waals surface area contributed by atoms with E-state index in [2.05, 4.69) is 5.32 Å². The minimum absolute atomic E-state index is 0.0491. The van der Waals surface area contributed by atoms with Crippen molar-refractivity contribution in [2.24, 2.45) is 5.92 Å². The van der Waals surface area contributed by atoms with Gasteiger partial charge in [0.2, 0.25) is 0 Å². The SMILES string of the molecule is C[C@@H](COC(=O)c1ccccc1)C[C@H](NC(=O)OC(C)(C)C)C(=O)O. The molecule has 7 nitrogen and oxygen atoms in total. The van der Waals surface area contributed by atoms with Gasteiger partial charge in [0.15, 0.2) is 0 Å². The Kier molecular flexibility index (Phi) is 7.42. The summed E-state index contributed by atoms with van der Waals surface area (Å²) in [5, 5.41) is 11.6. The van der Waals surface area contributed by atoms with Gasteiger partial charge < -0.3 is 19.9 Å². The minimum Gasteiger partial charge on any atom is -0.480 e. The number of carbonyl (C=O) groups is 3. The van der Waals surface area contributed by atoms with E-state index in [0.29, 0.717) is 5.56 Å². The first-order valence-electron chi connectivity index (χ1n) is 8.03. The second-order valence-electron chi connectivity index (χ2n) is 6.84. The number of carbonyl (C=O) groups excluding carboxylic acids is 2. The molecule has 0 aromatic heterocycles. The number of carboxylic acid groups (broad SMARTS) is 1. The van der Waals surface area contributed by atoms with Crippen LogP contribution >= 0.6 is 0 Å². The van der Waals surface area contributed by atoms with Gasteiger partial charge in [0.1, 0.15) is 11.6 Å². The van der Waals surface area contributed by atoms with Crippen LogP contribution in [0.25, 0.3) is 0 Å². The van der Waals surface area contributed by atoms with Gasteiger partial charge in [0.25, 0.3) is 0 Å². The van der Waals surface area contributed by atoms with Gasteiger partial charge in [-0.2, -0.15) is 0 Å². The van der Waals surface area contributed by atoms with Crippen molar-refractivity contribution in [2.45, 2.75) is 45.8 Å². The zero-order chi connectivity index (χ0) is 19.0. The lowest BCUT2D eigenvalue weighted by Gasteiger charge is -2.23. The summed E-state index contributed by atoms with van der Waals surface area (Å²) in [6.07, 6.45) is -0.690. The molecule has 1 aromatic carbocycles. The van der Waals surface area contributed by atoms with Gasteiger partial charge in [0.05, 0.1) is 12.2 Å². The molecular formula is C18H25NO6. The Labute approximate surface area is 147 Å². The number of ether oxygens (including phenoxy) is 2. The molecule has 2 N–H and O–H groups in total. The predicted molar refractivity (Wildman–Crippen MR) is 91.3 cm³/mol. The number of hydrogen-bond acceptors (Lipinski definition) is 5. The molecular weight excluding hydrogens is 326 g/mol. The number of carboxylic acids is 1. The Hall–Kier alpha value is -2.57. The third kappa shape index (κ3) is 8.19. The lowest BCUT2D eigenvalue weighted by atomic mass is 10.0. The van der Waals surface area contributed by atoms with Crippen molar-refractivity contribution in [1.82, 2.24) is 5.32 Å². The Morgan fingerprint density at radius 3 is 2.28 bits per heavy atom. The smallest absolute Gasteiger partial charge is 0.408 e. The molecule has 0 aliphatic rings. The van der Waals surface area contributed by atoms with Gasteiger partial charge in [-0.25, -0.2) is 14.4 Å². The summed E-state index contributed by atoms with van der Waals surface area (Å²) in [4.78, 5) is 34.9. The first kappa shape index (κ1) is 20.5. The Bertz CT molecular complexity index is 593. The Morgan fingerprint density at radius 2 is 1.76 bits per heavy atom. The molecule has 0 aliphatic carbocycles. The van der Waals surface area contributed by atoms with Crippen LogP contribution < -0.4 is 5.32 Å². The lowest BCUT2D eigenvalue weighted by Crippen LogP contribution is -2.44. The summed E-state index contributed by atoms with van der Waals surface area (Å²) in [6, 6.07) is 7.39. The molecule has 25 heavy (non-hydrogen) atoms. The number of rotatable bonds is 7. The second kappa shape index (κ2) is 9.05. The number of nitrogens with one attached hydrogen (secondary N) is 1.